The number of thiol groups is 1. The van der Waals surface area contributed by atoms with Crippen molar-refractivity contribution in [2.45, 2.75) is 14.4 Å². The van der Waals surface area contributed by atoms with Gasteiger partial charge in [0, 0.05) is 0 Å². The lowest BCUT2D eigenvalue weighted by Gasteiger charge is -1.82. The van der Waals surface area contributed by atoms with Crippen LogP contribution in [0.2, 0.25) is 0 Å². The maximum absolute atomic E-state index is 8.45. The Balaban J connectivity index is 0. The quantitative estimate of drug-likeness (QED) is 0.259. The minimum atomic E-state index is 0. The van der Waals surface area contributed by atoms with Gasteiger partial charge in [-0.1, -0.05) is 19.6 Å². The van der Waals surface area contributed by atoms with E-state index in [0.29, 0.717) is 4.20 Å². The molecule has 0 fully saturated rings. The third kappa shape index (κ3) is 9.36. The van der Waals surface area contributed by atoms with Crippen molar-refractivity contribution in [3.05, 3.63) is 11.8 Å². The fourth-order valence-corrected chi connectivity index (χ4v) is 0.536. The lowest BCUT2D eigenvalue weighted by Crippen LogP contribution is -1.75. The number of thiocarbonyl (C=S) groups is 1. The average molecular weight is 150 g/mol. The molecule has 0 aromatic carbocycles. The summed E-state index contributed by atoms with van der Waals surface area (Å²) in [6.45, 7) is 1.54. The van der Waals surface area contributed by atoms with Crippen molar-refractivity contribution in [2.24, 2.45) is 0 Å². The van der Waals surface area contributed by atoms with Gasteiger partial charge in [0.25, 0.3) is 0 Å². The van der Waals surface area contributed by atoms with Gasteiger partial charge in [0.15, 0.2) is 0 Å². The number of rotatable bonds is 1. The molecule has 0 rings (SSSR count). The highest BCUT2D eigenvalue weighted by Gasteiger charge is 1.79. The van der Waals surface area contributed by atoms with E-state index in [9.17, 15) is 0 Å². The maximum Gasteiger partial charge on any atom is 0.0911 e. The first-order valence-corrected chi connectivity index (χ1v) is 2.58. The molecule has 0 aliphatic heterocycles. The zero-order chi connectivity index (χ0) is 5.86. The molecule has 1 nitrogen and oxygen atoms in total. The summed E-state index contributed by atoms with van der Waals surface area (Å²) in [4.78, 5) is 0. The van der Waals surface area contributed by atoms with Crippen molar-refractivity contribution < 1.29 is 5.11 Å². The Morgan fingerprint density at radius 1 is 1.75 bits per heavy atom. The summed E-state index contributed by atoms with van der Waals surface area (Å²) in [6.07, 6.45) is 1.40. The molecular formula is C5H10OS2. The number of aliphatic hydroxyl groups excluding tert-OH is 1. The third-order valence-electron chi connectivity index (χ3n) is 0.332. The Bertz CT molecular complexity index is 103. The fraction of sp³-hybridized carbons (Fsp3) is 0.400. The van der Waals surface area contributed by atoms with E-state index in [2.05, 4.69) is 24.8 Å². The van der Waals surface area contributed by atoms with Crippen LogP contribution in [0.25, 0.3) is 0 Å². The van der Waals surface area contributed by atoms with Crippen LogP contribution in [0.15, 0.2) is 11.8 Å². The molecule has 0 aliphatic carbocycles. The molecule has 0 aromatic rings. The van der Waals surface area contributed by atoms with E-state index in [4.69, 9.17) is 5.11 Å². The molecule has 1 N–H and O–H groups in total. The fourth-order valence-electron chi connectivity index (χ4n) is 0.179. The second-order valence-corrected chi connectivity index (χ2v) is 2.35. The van der Waals surface area contributed by atoms with E-state index in [1.807, 2.05) is 0 Å². The Morgan fingerprint density at radius 2 is 2.12 bits per heavy atom. The summed E-state index contributed by atoms with van der Waals surface area (Å²) < 4.78 is 0.403. The van der Waals surface area contributed by atoms with Gasteiger partial charge in [0.1, 0.15) is 0 Å². The van der Waals surface area contributed by atoms with Gasteiger partial charge in [0.05, 0.1) is 9.96 Å². The van der Waals surface area contributed by atoms with Gasteiger partial charge < -0.3 is 5.11 Å². The smallest absolute Gasteiger partial charge is 0.0911 e. The van der Waals surface area contributed by atoms with Gasteiger partial charge in [-0.3, -0.25) is 0 Å². The normalized spacial score (nSPS) is 10.0. The summed E-state index contributed by atoms with van der Waals surface area (Å²) in [5.74, 6) is 0.194. The van der Waals surface area contributed by atoms with Gasteiger partial charge >= 0.3 is 0 Å². The van der Waals surface area contributed by atoms with Crippen molar-refractivity contribution in [1.29, 1.82) is 0 Å². The maximum atomic E-state index is 8.45. The SMILES string of the molecule is C.C/C(O)=C\C(=S)S. The summed E-state index contributed by atoms with van der Waals surface area (Å²) >= 11 is 8.23. The molecule has 3 heteroatoms. The second-order valence-electron chi connectivity index (χ2n) is 1.12. The molecule has 48 valence electrons. The molecule has 0 spiro atoms. The summed E-state index contributed by atoms with van der Waals surface area (Å²) in [7, 11) is 0. The first-order chi connectivity index (χ1) is 3.13. The molecule has 0 aromatic heterocycles. The molecule has 0 bridgehead atoms. The van der Waals surface area contributed by atoms with Crippen LogP contribution >= 0.6 is 24.8 Å². The van der Waals surface area contributed by atoms with Crippen LogP contribution in [-0.4, -0.2) is 9.30 Å². The lowest BCUT2D eigenvalue weighted by atomic mass is 10.5. The zero-order valence-electron chi connectivity index (χ0n) is 3.88. The Morgan fingerprint density at radius 3 is 2.12 bits per heavy atom. The van der Waals surface area contributed by atoms with Crippen molar-refractivity contribution >= 4 is 29.0 Å². The van der Waals surface area contributed by atoms with E-state index in [1.54, 1.807) is 6.92 Å². The van der Waals surface area contributed by atoms with Crippen molar-refractivity contribution in [3.63, 3.8) is 0 Å². The van der Waals surface area contributed by atoms with Gasteiger partial charge in [-0.25, -0.2) is 0 Å². The molecule has 0 aliphatic rings. The van der Waals surface area contributed by atoms with Crippen LogP contribution in [0.5, 0.6) is 0 Å². The van der Waals surface area contributed by atoms with Crippen LogP contribution < -0.4 is 0 Å². The average Bonchev–Trinajstić information content (AvgIpc) is 1.27. The second kappa shape index (κ2) is 5.12. The third-order valence-corrected chi connectivity index (χ3v) is 0.579. The first-order valence-electron chi connectivity index (χ1n) is 1.73. The van der Waals surface area contributed by atoms with Crippen LogP contribution in [-0.2, 0) is 0 Å². The van der Waals surface area contributed by atoms with Crippen LogP contribution in [0, 0.1) is 0 Å². The molecule has 0 saturated heterocycles. The molecular weight excluding hydrogens is 140 g/mol. The first kappa shape index (κ1) is 10.9. The predicted molar refractivity (Wildman–Crippen MR) is 44.7 cm³/mol. The number of hydrogen-bond donors (Lipinski definition) is 2. The van der Waals surface area contributed by atoms with Crippen LogP contribution in [0.3, 0.4) is 0 Å². The van der Waals surface area contributed by atoms with Crippen LogP contribution in [0.4, 0.5) is 0 Å². The van der Waals surface area contributed by atoms with Gasteiger partial charge in [-0.2, -0.15) is 0 Å². The molecule has 0 unspecified atom stereocenters. The van der Waals surface area contributed by atoms with E-state index < -0.39 is 0 Å². The minimum absolute atomic E-state index is 0. The Hall–Kier alpha value is -0.0200. The molecule has 0 heterocycles. The summed E-state index contributed by atoms with van der Waals surface area (Å²) in [6, 6.07) is 0. The van der Waals surface area contributed by atoms with Crippen LogP contribution in [0.1, 0.15) is 14.4 Å². The van der Waals surface area contributed by atoms with Crippen molar-refractivity contribution in [2.75, 3.05) is 0 Å². The lowest BCUT2D eigenvalue weighted by molar-refractivity contribution is 0.415. The monoisotopic (exact) mass is 150 g/mol. The predicted octanol–water partition coefficient (Wildman–Crippen LogP) is 2.34. The topological polar surface area (TPSA) is 20.2 Å². The van der Waals surface area contributed by atoms with E-state index in [1.165, 1.54) is 6.08 Å². The van der Waals surface area contributed by atoms with Crippen molar-refractivity contribution in [1.82, 2.24) is 0 Å². The van der Waals surface area contributed by atoms with Gasteiger partial charge in [-0.15, -0.1) is 12.6 Å². The van der Waals surface area contributed by atoms with E-state index in [0.717, 1.165) is 0 Å². The van der Waals surface area contributed by atoms with Crippen molar-refractivity contribution in [3.8, 4) is 0 Å². The number of aliphatic hydroxyl groups is 1. The largest absolute Gasteiger partial charge is 0.513 e. The molecule has 0 radical (unpaired) electrons. The minimum Gasteiger partial charge on any atom is -0.513 e. The Kier molecular flexibility index (Phi) is 6.96. The zero-order valence-corrected chi connectivity index (χ0v) is 5.59. The molecule has 8 heavy (non-hydrogen) atoms. The molecule has 0 atom stereocenters. The molecule has 0 saturated carbocycles. The van der Waals surface area contributed by atoms with Gasteiger partial charge in [-0.05, 0) is 13.0 Å². The highest BCUT2D eigenvalue weighted by Crippen LogP contribution is 1.90. The molecule has 0 amide bonds. The van der Waals surface area contributed by atoms with E-state index >= 15 is 0 Å². The highest BCUT2D eigenvalue weighted by molar-refractivity contribution is 8.11. The number of hydrogen-bond acceptors (Lipinski definition) is 2. The standard InChI is InChI=1S/C4H6OS2.CH4/c1-3(5)2-4(6)7;/h2,5H,1H3,(H,6,7);1H4/b3-2+;. The summed E-state index contributed by atoms with van der Waals surface area (Å²) in [5, 5.41) is 8.45. The number of allylic oxidation sites excluding steroid dienone is 1. The highest BCUT2D eigenvalue weighted by atomic mass is 32.1. The Labute approximate surface area is 60.8 Å². The van der Waals surface area contributed by atoms with E-state index in [-0.39, 0.29) is 13.2 Å². The van der Waals surface area contributed by atoms with Gasteiger partial charge in [0.2, 0.25) is 0 Å². The summed E-state index contributed by atoms with van der Waals surface area (Å²) in [5.41, 5.74) is 0.